The van der Waals surface area contributed by atoms with E-state index in [1.165, 1.54) is 25.3 Å². The fourth-order valence-corrected chi connectivity index (χ4v) is 1.53. The van der Waals surface area contributed by atoms with E-state index in [1.807, 2.05) is 0 Å². The molecule has 0 spiro atoms. The summed E-state index contributed by atoms with van der Waals surface area (Å²) in [6.07, 6.45) is 0. The van der Waals surface area contributed by atoms with Crippen LogP contribution in [0, 0.1) is 0 Å². The minimum Gasteiger partial charge on any atom is -0.495 e. The SMILES string of the molecule is COc1cc(NS(=O)(=O)C(F)F)ccc1N. The van der Waals surface area contributed by atoms with E-state index in [1.54, 1.807) is 4.72 Å². The minimum absolute atomic E-state index is 0.0358. The quantitative estimate of drug-likeness (QED) is 0.790. The number of nitrogen functional groups attached to an aromatic ring is 1. The Morgan fingerprint density at radius 1 is 1.44 bits per heavy atom. The van der Waals surface area contributed by atoms with Gasteiger partial charge in [0.2, 0.25) is 0 Å². The van der Waals surface area contributed by atoms with E-state index < -0.39 is 15.8 Å². The Kier molecular flexibility index (Phi) is 3.53. The zero-order chi connectivity index (χ0) is 12.3. The van der Waals surface area contributed by atoms with Gasteiger partial charge < -0.3 is 10.5 Å². The number of ether oxygens (including phenoxy) is 1. The van der Waals surface area contributed by atoms with Crippen LogP contribution in [0.3, 0.4) is 0 Å². The number of anilines is 2. The van der Waals surface area contributed by atoms with Crippen molar-refractivity contribution in [2.45, 2.75) is 5.76 Å². The van der Waals surface area contributed by atoms with Gasteiger partial charge in [0.25, 0.3) is 10.0 Å². The molecule has 90 valence electrons. The molecule has 0 atom stereocenters. The first-order valence-electron chi connectivity index (χ1n) is 4.10. The number of halogens is 2. The summed E-state index contributed by atoms with van der Waals surface area (Å²) in [6, 6.07) is 3.83. The van der Waals surface area contributed by atoms with E-state index in [4.69, 9.17) is 10.5 Å². The van der Waals surface area contributed by atoms with Gasteiger partial charge in [-0.1, -0.05) is 0 Å². The highest BCUT2D eigenvalue weighted by Gasteiger charge is 2.23. The number of methoxy groups -OCH3 is 1. The summed E-state index contributed by atoms with van der Waals surface area (Å²) in [5.41, 5.74) is 5.72. The minimum atomic E-state index is -4.67. The predicted octanol–water partition coefficient (Wildman–Crippen LogP) is 1.24. The third-order valence-corrected chi connectivity index (χ3v) is 2.72. The number of rotatable bonds is 4. The molecule has 1 rings (SSSR count). The molecule has 5 nitrogen and oxygen atoms in total. The van der Waals surface area contributed by atoms with Gasteiger partial charge in [-0.15, -0.1) is 0 Å². The number of benzene rings is 1. The van der Waals surface area contributed by atoms with Crippen LogP contribution in [0.15, 0.2) is 18.2 Å². The van der Waals surface area contributed by atoms with Crippen molar-refractivity contribution >= 4 is 21.4 Å². The van der Waals surface area contributed by atoms with Crippen LogP contribution >= 0.6 is 0 Å². The Labute approximate surface area is 91.3 Å². The summed E-state index contributed by atoms with van der Waals surface area (Å²) in [4.78, 5) is 0. The summed E-state index contributed by atoms with van der Waals surface area (Å²) in [6.45, 7) is 0. The van der Waals surface area contributed by atoms with Crippen molar-refractivity contribution in [2.75, 3.05) is 17.6 Å². The van der Waals surface area contributed by atoms with Gasteiger partial charge in [0, 0.05) is 6.07 Å². The van der Waals surface area contributed by atoms with Crippen molar-refractivity contribution in [1.82, 2.24) is 0 Å². The van der Waals surface area contributed by atoms with Gasteiger partial charge in [-0.05, 0) is 12.1 Å². The Bertz CT molecular complexity index is 476. The maximum Gasteiger partial charge on any atom is 0.355 e. The van der Waals surface area contributed by atoms with E-state index in [-0.39, 0.29) is 17.1 Å². The van der Waals surface area contributed by atoms with Crippen molar-refractivity contribution in [3.05, 3.63) is 18.2 Å². The van der Waals surface area contributed by atoms with Crippen LogP contribution in [0.2, 0.25) is 0 Å². The lowest BCUT2D eigenvalue weighted by Gasteiger charge is -2.09. The van der Waals surface area contributed by atoms with Crippen LogP contribution < -0.4 is 15.2 Å². The zero-order valence-electron chi connectivity index (χ0n) is 8.28. The molecule has 0 fully saturated rings. The summed E-state index contributed by atoms with van der Waals surface area (Å²) in [5.74, 6) is -3.29. The molecular formula is C8H10F2N2O3S. The van der Waals surface area contributed by atoms with Crippen molar-refractivity contribution in [1.29, 1.82) is 0 Å². The summed E-state index contributed by atoms with van der Waals surface area (Å²) in [7, 11) is -3.34. The third-order valence-electron chi connectivity index (χ3n) is 1.73. The molecule has 0 radical (unpaired) electrons. The molecule has 0 aromatic heterocycles. The maximum absolute atomic E-state index is 12.1. The second-order valence-electron chi connectivity index (χ2n) is 2.86. The van der Waals surface area contributed by atoms with Crippen LogP contribution in [0.1, 0.15) is 0 Å². The Morgan fingerprint density at radius 3 is 2.56 bits per heavy atom. The van der Waals surface area contributed by atoms with Crippen molar-refractivity contribution in [3.8, 4) is 5.75 Å². The number of hydrogen-bond donors (Lipinski definition) is 2. The van der Waals surface area contributed by atoms with E-state index in [9.17, 15) is 17.2 Å². The van der Waals surface area contributed by atoms with Crippen molar-refractivity contribution in [3.63, 3.8) is 0 Å². The fraction of sp³-hybridized carbons (Fsp3) is 0.250. The second-order valence-corrected chi connectivity index (χ2v) is 4.51. The van der Waals surface area contributed by atoms with Gasteiger partial charge in [0.1, 0.15) is 5.75 Å². The van der Waals surface area contributed by atoms with Gasteiger partial charge in [-0.3, -0.25) is 4.72 Å². The standard InChI is InChI=1S/C8H10F2N2O3S/c1-15-7-4-5(2-3-6(7)11)12-16(13,14)8(9)10/h2-4,8,12H,11H2,1H3. The zero-order valence-corrected chi connectivity index (χ0v) is 9.09. The van der Waals surface area contributed by atoms with E-state index >= 15 is 0 Å². The first kappa shape index (κ1) is 12.5. The molecule has 0 amide bonds. The van der Waals surface area contributed by atoms with Gasteiger partial charge >= 0.3 is 5.76 Å². The van der Waals surface area contributed by atoms with Gasteiger partial charge in [-0.2, -0.15) is 8.78 Å². The molecule has 1 aromatic carbocycles. The van der Waals surface area contributed by atoms with Crippen LogP contribution in [-0.2, 0) is 10.0 Å². The molecular weight excluding hydrogens is 242 g/mol. The van der Waals surface area contributed by atoms with Crippen LogP contribution in [0.5, 0.6) is 5.75 Å². The van der Waals surface area contributed by atoms with Gasteiger partial charge in [0.15, 0.2) is 0 Å². The van der Waals surface area contributed by atoms with Crippen molar-refractivity contribution in [2.24, 2.45) is 0 Å². The monoisotopic (exact) mass is 252 g/mol. The molecule has 0 saturated carbocycles. The van der Waals surface area contributed by atoms with E-state index in [2.05, 4.69) is 0 Å². The smallest absolute Gasteiger partial charge is 0.355 e. The highest BCUT2D eigenvalue weighted by molar-refractivity contribution is 7.93. The number of alkyl halides is 2. The normalized spacial score (nSPS) is 11.5. The summed E-state index contributed by atoms with van der Waals surface area (Å²) >= 11 is 0. The van der Waals surface area contributed by atoms with Gasteiger partial charge in [0.05, 0.1) is 18.5 Å². The van der Waals surface area contributed by atoms with E-state index in [0.29, 0.717) is 0 Å². The molecule has 0 saturated heterocycles. The lowest BCUT2D eigenvalue weighted by atomic mass is 10.3. The lowest BCUT2D eigenvalue weighted by molar-refractivity contribution is 0.236. The molecule has 0 aliphatic heterocycles. The molecule has 3 N–H and O–H groups in total. The summed E-state index contributed by atoms with van der Waals surface area (Å²) < 4.78 is 52.3. The molecule has 0 heterocycles. The third kappa shape index (κ3) is 2.72. The largest absolute Gasteiger partial charge is 0.495 e. The van der Waals surface area contributed by atoms with Crippen LogP contribution in [0.4, 0.5) is 20.2 Å². The molecule has 0 unspecified atom stereocenters. The molecule has 16 heavy (non-hydrogen) atoms. The highest BCUT2D eigenvalue weighted by atomic mass is 32.2. The fourth-order valence-electron chi connectivity index (χ4n) is 0.983. The number of nitrogens with two attached hydrogens (primary N) is 1. The Hall–Kier alpha value is -1.57. The number of nitrogens with one attached hydrogen (secondary N) is 1. The molecule has 0 aliphatic carbocycles. The van der Waals surface area contributed by atoms with Crippen molar-refractivity contribution < 1.29 is 21.9 Å². The van der Waals surface area contributed by atoms with Crippen LogP contribution in [0.25, 0.3) is 0 Å². The summed E-state index contributed by atoms with van der Waals surface area (Å²) in [5, 5.41) is 0. The highest BCUT2D eigenvalue weighted by Crippen LogP contribution is 2.26. The number of sulfonamides is 1. The lowest BCUT2D eigenvalue weighted by Crippen LogP contribution is -2.20. The second kappa shape index (κ2) is 4.52. The first-order valence-corrected chi connectivity index (χ1v) is 5.64. The predicted molar refractivity (Wildman–Crippen MR) is 56.0 cm³/mol. The van der Waals surface area contributed by atoms with Crippen LogP contribution in [-0.4, -0.2) is 21.3 Å². The Morgan fingerprint density at radius 2 is 2.06 bits per heavy atom. The first-order chi connectivity index (χ1) is 7.36. The molecule has 8 heteroatoms. The van der Waals surface area contributed by atoms with Gasteiger partial charge in [-0.25, -0.2) is 8.42 Å². The van der Waals surface area contributed by atoms with E-state index in [0.717, 1.165) is 0 Å². The average molecular weight is 252 g/mol. The molecule has 0 aliphatic rings. The Balaban J connectivity index is 2.99. The average Bonchev–Trinajstić information content (AvgIpc) is 2.20. The topological polar surface area (TPSA) is 81.4 Å². The maximum atomic E-state index is 12.1. The molecule has 0 bridgehead atoms. The molecule has 1 aromatic rings. The number of hydrogen-bond acceptors (Lipinski definition) is 4.